The summed E-state index contributed by atoms with van der Waals surface area (Å²) in [7, 11) is -4.43. The van der Waals surface area contributed by atoms with E-state index in [0.717, 1.165) is 0 Å². The van der Waals surface area contributed by atoms with Crippen molar-refractivity contribution in [3.8, 4) is 33.9 Å². The average Bonchev–Trinajstić information content (AvgIpc) is 2.83. The van der Waals surface area contributed by atoms with E-state index in [1.807, 2.05) is 45.2 Å². The summed E-state index contributed by atoms with van der Waals surface area (Å²) in [6, 6.07) is 18.1. The molecule has 0 fully saturated rings. The van der Waals surface area contributed by atoms with Crippen molar-refractivity contribution in [1.29, 1.82) is 0 Å². The number of aromatic hydroxyl groups is 1. The van der Waals surface area contributed by atoms with Gasteiger partial charge in [0.2, 0.25) is 0 Å². The van der Waals surface area contributed by atoms with Crippen molar-refractivity contribution < 1.29 is 84.8 Å². The van der Waals surface area contributed by atoms with Crippen molar-refractivity contribution in [3.63, 3.8) is 0 Å². The molecule has 2 aliphatic rings. The van der Waals surface area contributed by atoms with Gasteiger partial charge in [0.25, 0.3) is 10.1 Å². The summed E-state index contributed by atoms with van der Waals surface area (Å²) < 4.78 is 44.7. The minimum absolute atomic E-state index is 0. The van der Waals surface area contributed by atoms with Gasteiger partial charge in [-0.1, -0.05) is 18.2 Å². The first kappa shape index (κ1) is 29.6. The molecule has 0 unspecified atom stereocenters. The Labute approximate surface area is 287 Å². The van der Waals surface area contributed by atoms with Crippen LogP contribution in [0.2, 0.25) is 0 Å². The molecule has 0 spiro atoms. The number of rotatable bonds is 4. The zero-order chi connectivity index (χ0) is 26.5. The van der Waals surface area contributed by atoms with Crippen LogP contribution in [-0.4, -0.2) is 24.0 Å². The van der Waals surface area contributed by atoms with E-state index in [-0.39, 0.29) is 86.0 Å². The van der Waals surface area contributed by atoms with E-state index < -0.39 is 16.1 Å². The number of carbonyl (C=O) groups is 1. The fraction of sp³-hybridized carbons (Fsp3) is 0. The summed E-state index contributed by atoms with van der Waals surface area (Å²) in [6.45, 7) is 0. The van der Waals surface area contributed by atoms with Crippen LogP contribution in [0.25, 0.3) is 33.4 Å². The van der Waals surface area contributed by atoms with Gasteiger partial charge in [0.05, 0.1) is 17.6 Å². The van der Waals surface area contributed by atoms with E-state index >= 15 is 0 Å². The van der Waals surface area contributed by atoms with Crippen molar-refractivity contribution in [2.75, 3.05) is 0 Å². The minimum atomic E-state index is -4.43. The topological polar surface area (TPSA) is 131 Å². The van der Waals surface area contributed by atoms with E-state index in [1.165, 1.54) is 36.4 Å². The normalized spacial score (nSPS) is 11.3. The molecule has 38 heavy (non-hydrogen) atoms. The number of hydrogen-bond acceptors (Lipinski definition) is 7. The van der Waals surface area contributed by atoms with Crippen LogP contribution in [0.1, 0.15) is 11.8 Å². The molecule has 0 atom stereocenters. The van der Waals surface area contributed by atoms with Crippen molar-refractivity contribution in [2.24, 2.45) is 0 Å². The van der Waals surface area contributed by atoms with Crippen molar-refractivity contribution >= 4 is 72.2 Å². The third-order valence-corrected chi connectivity index (χ3v) is 7.99. The van der Waals surface area contributed by atoms with Gasteiger partial charge in [0, 0.05) is 28.6 Å². The van der Waals surface area contributed by atoms with Crippen LogP contribution in [0.3, 0.4) is 0 Å². The van der Waals surface area contributed by atoms with Crippen LogP contribution in [0.15, 0.2) is 86.9 Å². The first-order chi connectivity index (χ1) is 17.5. The van der Waals surface area contributed by atoms with Crippen LogP contribution in [0.5, 0.6) is 11.5 Å². The Morgan fingerprint density at radius 3 is 2.29 bits per heavy atom. The summed E-state index contributed by atoms with van der Waals surface area (Å²) in [5.74, 6) is -0.293. The molecule has 188 valence electrons. The standard InChI is InChI=1S/C26H14I2O8S.K.H/c27-20-11-15(37(32,33)34)12-21(28)25(20)36-26(31)17-4-2-1-3-16(17)24-18-7-5-13(29)9-22(18)35-23-10-14(30)6-8-19(23)24;;/h1-12,29H,(H,32,33,34);;/q;+1;-1. The fourth-order valence-electron chi connectivity index (χ4n) is 3.96. The van der Waals surface area contributed by atoms with E-state index in [4.69, 9.17) is 9.15 Å². The molecule has 0 aromatic heterocycles. The van der Waals surface area contributed by atoms with Gasteiger partial charge in [-0.3, -0.25) is 9.35 Å². The average molecular weight is 780 g/mol. The van der Waals surface area contributed by atoms with Gasteiger partial charge in [0.1, 0.15) is 17.1 Å². The Kier molecular flexibility index (Phi) is 9.05. The SMILES string of the molecule is O=C(Oc1c(I)cc(S(=O)(=O)O)cc1I)c1ccccc1-c1c2ccc(=O)cc-2oc2cc(O)ccc12.[H-].[K+]. The Hall–Kier alpha value is -1.37. The van der Waals surface area contributed by atoms with Crippen LogP contribution in [0, 0.1) is 7.14 Å². The minimum Gasteiger partial charge on any atom is -1.00 e. The molecule has 1 heterocycles. The van der Waals surface area contributed by atoms with Crippen molar-refractivity contribution in [2.45, 2.75) is 4.90 Å². The van der Waals surface area contributed by atoms with E-state index in [1.54, 1.807) is 36.4 Å². The summed E-state index contributed by atoms with van der Waals surface area (Å²) in [4.78, 5) is 25.2. The number of fused-ring (bicyclic) bond motifs is 2. The van der Waals surface area contributed by atoms with Gasteiger partial charge in [-0.05, 0) is 93.2 Å². The van der Waals surface area contributed by atoms with Gasteiger partial charge in [0.15, 0.2) is 11.2 Å². The Morgan fingerprint density at radius 2 is 1.61 bits per heavy atom. The summed E-state index contributed by atoms with van der Waals surface area (Å²) in [5.41, 5.74) is 1.96. The first-order valence-electron chi connectivity index (χ1n) is 10.5. The van der Waals surface area contributed by atoms with Crippen molar-refractivity contribution in [1.82, 2.24) is 0 Å². The van der Waals surface area contributed by atoms with Crippen LogP contribution >= 0.6 is 45.2 Å². The Bertz CT molecular complexity index is 1850. The second-order valence-corrected chi connectivity index (χ2v) is 11.7. The van der Waals surface area contributed by atoms with Crippen LogP contribution in [0.4, 0.5) is 0 Å². The van der Waals surface area contributed by atoms with Crippen LogP contribution in [-0.2, 0) is 10.1 Å². The molecular formula is C26H15I2KO8S. The van der Waals surface area contributed by atoms with E-state index in [2.05, 4.69) is 0 Å². The number of phenolic OH excluding ortho intramolecular Hbond substituents is 1. The fourth-order valence-corrected chi connectivity index (χ4v) is 6.90. The van der Waals surface area contributed by atoms with Gasteiger partial charge in [-0.25, -0.2) is 4.79 Å². The van der Waals surface area contributed by atoms with E-state index in [0.29, 0.717) is 34.8 Å². The monoisotopic (exact) mass is 780 g/mol. The number of phenols is 1. The number of ether oxygens (including phenoxy) is 1. The molecule has 1 aliphatic heterocycles. The number of hydrogen-bond donors (Lipinski definition) is 2. The molecule has 1 aliphatic carbocycles. The smallest absolute Gasteiger partial charge is 1.00 e. The van der Waals surface area contributed by atoms with Crippen LogP contribution < -0.4 is 61.6 Å². The predicted molar refractivity (Wildman–Crippen MR) is 154 cm³/mol. The van der Waals surface area contributed by atoms with Gasteiger partial charge in [-0.15, -0.1) is 0 Å². The zero-order valence-corrected chi connectivity index (χ0v) is 27.7. The third kappa shape index (κ3) is 5.88. The Morgan fingerprint density at radius 1 is 0.921 bits per heavy atom. The largest absolute Gasteiger partial charge is 1.00 e. The maximum absolute atomic E-state index is 13.5. The quantitative estimate of drug-likeness (QED) is 0.0712. The van der Waals surface area contributed by atoms with Gasteiger partial charge in [-0.2, -0.15) is 8.42 Å². The summed E-state index contributed by atoms with van der Waals surface area (Å²) in [6.07, 6.45) is 0. The van der Waals surface area contributed by atoms with Gasteiger partial charge < -0.3 is 15.7 Å². The molecule has 0 bridgehead atoms. The molecule has 0 radical (unpaired) electrons. The molecule has 2 N–H and O–H groups in total. The van der Waals surface area contributed by atoms with Gasteiger partial charge >= 0.3 is 57.4 Å². The molecule has 0 saturated carbocycles. The van der Waals surface area contributed by atoms with E-state index in [9.17, 15) is 27.7 Å². The zero-order valence-electron chi connectivity index (χ0n) is 20.4. The molecule has 0 saturated heterocycles. The maximum atomic E-state index is 13.5. The number of carbonyl (C=O) groups excluding carboxylic acids is 1. The third-order valence-electron chi connectivity index (χ3n) is 5.56. The molecular weight excluding hydrogens is 765 g/mol. The summed E-state index contributed by atoms with van der Waals surface area (Å²) in [5, 5.41) is 10.6. The molecule has 3 aromatic carbocycles. The molecule has 5 rings (SSSR count). The first-order valence-corrected chi connectivity index (χ1v) is 14.1. The number of benzene rings is 4. The molecule has 8 nitrogen and oxygen atoms in total. The maximum Gasteiger partial charge on any atom is 1.00 e. The summed E-state index contributed by atoms with van der Waals surface area (Å²) >= 11 is 3.66. The number of esters is 1. The second kappa shape index (κ2) is 11.6. The predicted octanol–water partition coefficient (Wildman–Crippen LogP) is 3.06. The molecule has 12 heteroatoms. The number of halogens is 2. The molecule has 3 aromatic rings. The van der Waals surface area contributed by atoms with Crippen molar-refractivity contribution in [3.05, 3.63) is 95.7 Å². The second-order valence-electron chi connectivity index (χ2n) is 7.94. The molecule has 0 amide bonds. The Balaban J connectivity index is 0.00000210.